The van der Waals surface area contributed by atoms with Crippen LogP contribution in [0.1, 0.15) is 5.56 Å². The van der Waals surface area contributed by atoms with Crippen LogP contribution in [0.25, 0.3) is 0 Å². The van der Waals surface area contributed by atoms with Gasteiger partial charge in [0.05, 0.1) is 6.54 Å². The lowest BCUT2D eigenvalue weighted by Crippen LogP contribution is -2.24. The van der Waals surface area contributed by atoms with Gasteiger partial charge in [-0.1, -0.05) is 12.1 Å². The average Bonchev–Trinajstić information content (AvgIpc) is 2.12. The minimum atomic E-state index is -0.885. The van der Waals surface area contributed by atoms with E-state index in [1.807, 2.05) is 6.07 Å². The van der Waals surface area contributed by atoms with E-state index < -0.39 is 5.97 Å². The summed E-state index contributed by atoms with van der Waals surface area (Å²) in [5.74, 6) is -1.15. The molecule has 0 unspecified atom stereocenters. The molecule has 4 heteroatoms. The lowest BCUT2D eigenvalue weighted by Gasteiger charge is -2.02. The Balaban J connectivity index is 2.28. The first-order valence-corrected chi connectivity index (χ1v) is 4.35. The van der Waals surface area contributed by atoms with Crippen molar-refractivity contribution in [2.24, 2.45) is 0 Å². The Kier molecular flexibility index (Phi) is 4.07. The maximum Gasteiger partial charge on any atom is 0.317 e. The van der Waals surface area contributed by atoms with E-state index in [9.17, 15) is 9.18 Å². The lowest BCUT2D eigenvalue weighted by molar-refractivity contribution is -0.135. The van der Waals surface area contributed by atoms with Crippen molar-refractivity contribution in [2.45, 2.75) is 6.42 Å². The van der Waals surface area contributed by atoms with Gasteiger partial charge in [-0.05, 0) is 30.7 Å². The molecule has 0 radical (unpaired) electrons. The van der Waals surface area contributed by atoms with Crippen LogP contribution in [0.3, 0.4) is 0 Å². The monoisotopic (exact) mass is 197 g/mol. The number of hydrogen-bond donors (Lipinski definition) is 2. The number of carboxylic acid groups (broad SMARTS) is 1. The zero-order valence-corrected chi connectivity index (χ0v) is 7.66. The minimum Gasteiger partial charge on any atom is -0.480 e. The fraction of sp³-hybridized carbons (Fsp3) is 0.300. The second kappa shape index (κ2) is 5.34. The van der Waals surface area contributed by atoms with Crippen LogP contribution < -0.4 is 5.32 Å². The van der Waals surface area contributed by atoms with Gasteiger partial charge in [0, 0.05) is 0 Å². The number of aliphatic carboxylic acids is 1. The third-order valence-electron chi connectivity index (χ3n) is 1.76. The summed E-state index contributed by atoms with van der Waals surface area (Å²) in [5, 5.41) is 11.1. The van der Waals surface area contributed by atoms with E-state index in [-0.39, 0.29) is 12.4 Å². The van der Waals surface area contributed by atoms with E-state index in [2.05, 4.69) is 5.32 Å². The van der Waals surface area contributed by atoms with Crippen LogP contribution in [0.2, 0.25) is 0 Å². The molecule has 0 bridgehead atoms. The molecule has 2 N–H and O–H groups in total. The molecule has 1 aromatic rings. The molecule has 0 aromatic heterocycles. The summed E-state index contributed by atoms with van der Waals surface area (Å²) in [4.78, 5) is 10.1. The molecule has 0 spiro atoms. The number of carbonyl (C=O) groups is 1. The molecule has 3 nitrogen and oxygen atoms in total. The van der Waals surface area contributed by atoms with E-state index >= 15 is 0 Å². The van der Waals surface area contributed by atoms with Gasteiger partial charge in [-0.2, -0.15) is 0 Å². The van der Waals surface area contributed by atoms with Gasteiger partial charge >= 0.3 is 5.97 Å². The smallest absolute Gasteiger partial charge is 0.317 e. The Morgan fingerprint density at radius 3 is 2.93 bits per heavy atom. The fourth-order valence-corrected chi connectivity index (χ4v) is 1.12. The predicted molar refractivity (Wildman–Crippen MR) is 50.6 cm³/mol. The van der Waals surface area contributed by atoms with Crippen LogP contribution in [0, 0.1) is 5.82 Å². The van der Waals surface area contributed by atoms with Crippen molar-refractivity contribution >= 4 is 5.97 Å². The van der Waals surface area contributed by atoms with Crippen molar-refractivity contribution in [3.8, 4) is 0 Å². The summed E-state index contributed by atoms with van der Waals surface area (Å²) in [6.07, 6.45) is 0.630. The molecule has 0 aliphatic rings. The third kappa shape index (κ3) is 4.00. The number of benzene rings is 1. The van der Waals surface area contributed by atoms with Gasteiger partial charge in [-0.3, -0.25) is 4.79 Å². The van der Waals surface area contributed by atoms with E-state index in [1.54, 1.807) is 6.07 Å². The Morgan fingerprint density at radius 1 is 1.50 bits per heavy atom. The quantitative estimate of drug-likeness (QED) is 0.693. The largest absolute Gasteiger partial charge is 0.480 e. The highest BCUT2D eigenvalue weighted by molar-refractivity contribution is 5.68. The fourth-order valence-electron chi connectivity index (χ4n) is 1.12. The lowest BCUT2D eigenvalue weighted by atomic mass is 10.1. The van der Waals surface area contributed by atoms with Gasteiger partial charge in [0.15, 0.2) is 0 Å². The molecule has 1 rings (SSSR count). The topological polar surface area (TPSA) is 49.3 Å². The Morgan fingerprint density at radius 2 is 2.29 bits per heavy atom. The van der Waals surface area contributed by atoms with Gasteiger partial charge < -0.3 is 10.4 Å². The van der Waals surface area contributed by atoms with Gasteiger partial charge in [0.25, 0.3) is 0 Å². The molecule has 0 aliphatic carbocycles. The summed E-state index contributed by atoms with van der Waals surface area (Å²) in [7, 11) is 0. The molecular formula is C10H12FNO2. The Hall–Kier alpha value is -1.42. The van der Waals surface area contributed by atoms with Crippen molar-refractivity contribution in [3.05, 3.63) is 35.6 Å². The highest BCUT2D eigenvalue weighted by Crippen LogP contribution is 2.03. The van der Waals surface area contributed by atoms with E-state index in [0.717, 1.165) is 5.56 Å². The number of nitrogens with one attached hydrogen (secondary N) is 1. The molecule has 0 aliphatic heterocycles. The van der Waals surface area contributed by atoms with Gasteiger partial charge in [-0.15, -0.1) is 0 Å². The van der Waals surface area contributed by atoms with Gasteiger partial charge in [0.1, 0.15) is 5.82 Å². The van der Waals surface area contributed by atoms with E-state index in [1.165, 1.54) is 12.1 Å². The van der Waals surface area contributed by atoms with Gasteiger partial charge in [-0.25, -0.2) is 4.39 Å². The molecule has 76 valence electrons. The van der Waals surface area contributed by atoms with Crippen LogP contribution in [0.15, 0.2) is 24.3 Å². The second-order valence-corrected chi connectivity index (χ2v) is 2.95. The van der Waals surface area contributed by atoms with E-state index in [0.29, 0.717) is 13.0 Å². The van der Waals surface area contributed by atoms with Crippen molar-refractivity contribution in [3.63, 3.8) is 0 Å². The summed E-state index contributed by atoms with van der Waals surface area (Å²) >= 11 is 0. The minimum absolute atomic E-state index is 0.0602. The Bertz CT molecular complexity index is 315. The molecule has 0 heterocycles. The molecule has 0 saturated heterocycles. The zero-order chi connectivity index (χ0) is 10.4. The standard InChI is InChI=1S/C10H12FNO2/c11-9-3-1-2-8(6-9)4-5-12-7-10(13)14/h1-3,6,12H,4-5,7H2,(H,13,14). The van der Waals surface area contributed by atoms with Crippen molar-refractivity contribution in [2.75, 3.05) is 13.1 Å². The summed E-state index contributed by atoms with van der Waals surface area (Å²) in [5.41, 5.74) is 0.864. The first-order chi connectivity index (χ1) is 6.68. The van der Waals surface area contributed by atoms with Crippen LogP contribution in [-0.2, 0) is 11.2 Å². The predicted octanol–water partition coefficient (Wildman–Crippen LogP) is 1.04. The molecule has 0 amide bonds. The second-order valence-electron chi connectivity index (χ2n) is 2.95. The molecule has 1 aromatic carbocycles. The number of carboxylic acids is 1. The molecule has 0 atom stereocenters. The number of hydrogen-bond acceptors (Lipinski definition) is 2. The zero-order valence-electron chi connectivity index (χ0n) is 7.66. The molecule has 0 fully saturated rings. The highest BCUT2D eigenvalue weighted by Gasteiger charge is 1.97. The maximum atomic E-state index is 12.7. The Labute approximate surface area is 81.6 Å². The van der Waals surface area contributed by atoms with Crippen LogP contribution in [0.4, 0.5) is 4.39 Å². The van der Waals surface area contributed by atoms with Gasteiger partial charge in [0.2, 0.25) is 0 Å². The highest BCUT2D eigenvalue weighted by atomic mass is 19.1. The van der Waals surface area contributed by atoms with Crippen LogP contribution >= 0.6 is 0 Å². The average molecular weight is 197 g/mol. The van der Waals surface area contributed by atoms with Crippen LogP contribution in [-0.4, -0.2) is 24.2 Å². The third-order valence-corrected chi connectivity index (χ3v) is 1.76. The maximum absolute atomic E-state index is 12.7. The first-order valence-electron chi connectivity index (χ1n) is 4.35. The van der Waals surface area contributed by atoms with Crippen molar-refractivity contribution in [1.29, 1.82) is 0 Å². The van der Waals surface area contributed by atoms with Crippen molar-refractivity contribution < 1.29 is 14.3 Å². The van der Waals surface area contributed by atoms with E-state index in [4.69, 9.17) is 5.11 Å². The molecular weight excluding hydrogens is 185 g/mol. The van der Waals surface area contributed by atoms with Crippen LogP contribution in [0.5, 0.6) is 0 Å². The number of rotatable bonds is 5. The summed E-state index contributed by atoms with van der Waals surface area (Å²) < 4.78 is 12.7. The number of halogens is 1. The SMILES string of the molecule is O=C(O)CNCCc1cccc(F)c1. The summed E-state index contributed by atoms with van der Waals surface area (Å²) in [6, 6.07) is 6.28. The molecule has 0 saturated carbocycles. The molecule has 14 heavy (non-hydrogen) atoms. The first kappa shape index (κ1) is 10.7. The normalized spacial score (nSPS) is 10.1. The van der Waals surface area contributed by atoms with Crippen molar-refractivity contribution in [1.82, 2.24) is 5.32 Å². The summed E-state index contributed by atoms with van der Waals surface area (Å²) in [6.45, 7) is 0.477.